The zero-order chi connectivity index (χ0) is 15.1. The molecule has 0 amide bonds. The van der Waals surface area contributed by atoms with Gasteiger partial charge in [-0.05, 0) is 6.92 Å². The molecule has 0 aliphatic heterocycles. The number of nitrogens with one attached hydrogen (secondary N) is 1. The second-order valence-corrected chi connectivity index (χ2v) is 5.75. The molecule has 0 aromatic carbocycles. The molecule has 6 nitrogen and oxygen atoms in total. The van der Waals surface area contributed by atoms with Crippen molar-refractivity contribution in [2.24, 2.45) is 12.9 Å². The highest BCUT2D eigenvalue weighted by Gasteiger charge is 2.25. The number of hydrazine groups is 1. The Morgan fingerprint density at radius 2 is 1.95 bits per heavy atom. The van der Waals surface area contributed by atoms with Crippen molar-refractivity contribution in [3.63, 3.8) is 0 Å². The van der Waals surface area contributed by atoms with Gasteiger partial charge in [0.25, 0.3) is 0 Å². The van der Waals surface area contributed by atoms with E-state index in [1.807, 2.05) is 13.2 Å². The highest BCUT2D eigenvalue weighted by molar-refractivity contribution is 5.61. The van der Waals surface area contributed by atoms with Crippen LogP contribution in [-0.2, 0) is 12.5 Å². The fourth-order valence-corrected chi connectivity index (χ4v) is 1.98. The van der Waals surface area contributed by atoms with Gasteiger partial charge < -0.3 is 5.43 Å². The minimum absolute atomic E-state index is 0.0174. The van der Waals surface area contributed by atoms with Crippen molar-refractivity contribution in [2.45, 2.75) is 33.1 Å². The minimum Gasteiger partial charge on any atom is -0.306 e. The summed E-state index contributed by atoms with van der Waals surface area (Å²) in [5, 5.41) is 4.46. The van der Waals surface area contributed by atoms with Crippen LogP contribution in [0.3, 0.4) is 0 Å². The summed E-state index contributed by atoms with van der Waals surface area (Å²) in [7, 11) is 1.83. The van der Waals surface area contributed by atoms with Crippen LogP contribution in [0.2, 0.25) is 0 Å². The molecule has 0 saturated heterocycles. The topological polar surface area (TPSA) is 81.7 Å². The molecule has 20 heavy (non-hydrogen) atoms. The fourth-order valence-electron chi connectivity index (χ4n) is 1.98. The summed E-state index contributed by atoms with van der Waals surface area (Å²) < 4.78 is 15.5. The van der Waals surface area contributed by atoms with Gasteiger partial charge in [0, 0.05) is 18.7 Å². The Hall–Kier alpha value is -2.02. The molecule has 0 unspecified atom stereocenters. The number of aryl methyl sites for hydroxylation is 2. The van der Waals surface area contributed by atoms with Gasteiger partial charge in [0.15, 0.2) is 17.5 Å². The third-order valence-electron chi connectivity index (χ3n) is 2.93. The summed E-state index contributed by atoms with van der Waals surface area (Å²) in [4.78, 5) is 8.34. The van der Waals surface area contributed by atoms with Crippen LogP contribution in [0.1, 0.15) is 32.2 Å². The van der Waals surface area contributed by atoms with E-state index in [-0.39, 0.29) is 16.9 Å². The number of nitrogen functional groups attached to an aromatic ring is 1. The van der Waals surface area contributed by atoms with Crippen molar-refractivity contribution in [1.82, 2.24) is 19.7 Å². The van der Waals surface area contributed by atoms with Gasteiger partial charge in [-0.3, -0.25) is 4.68 Å². The van der Waals surface area contributed by atoms with Gasteiger partial charge in [-0.25, -0.2) is 20.2 Å². The molecule has 0 aliphatic rings. The van der Waals surface area contributed by atoms with E-state index in [4.69, 9.17) is 5.84 Å². The molecule has 2 heterocycles. The molecule has 3 N–H and O–H groups in total. The van der Waals surface area contributed by atoms with Crippen molar-refractivity contribution >= 4 is 5.82 Å². The maximum absolute atomic E-state index is 13.7. The van der Waals surface area contributed by atoms with E-state index < -0.39 is 5.82 Å². The fraction of sp³-hybridized carbons (Fsp3) is 0.462. The first-order valence-corrected chi connectivity index (χ1v) is 6.29. The standard InChI is InChI=1S/C13H19FN6/c1-7-9(14)12(18-15)17-11(16-7)8-6-20(5)19-10(8)13(2,3)4/h6H,15H2,1-5H3,(H,16,17,18). The Labute approximate surface area is 117 Å². The van der Waals surface area contributed by atoms with Crippen LogP contribution >= 0.6 is 0 Å². The van der Waals surface area contributed by atoms with Crippen molar-refractivity contribution in [3.8, 4) is 11.4 Å². The first-order chi connectivity index (χ1) is 9.24. The van der Waals surface area contributed by atoms with Gasteiger partial charge in [-0.15, -0.1) is 0 Å². The van der Waals surface area contributed by atoms with Gasteiger partial charge in [0.2, 0.25) is 0 Å². The lowest BCUT2D eigenvalue weighted by Gasteiger charge is -2.17. The second-order valence-electron chi connectivity index (χ2n) is 5.75. The number of anilines is 1. The van der Waals surface area contributed by atoms with Crippen LogP contribution in [0.4, 0.5) is 10.2 Å². The van der Waals surface area contributed by atoms with E-state index in [0.717, 1.165) is 11.3 Å². The molecule has 108 valence electrons. The van der Waals surface area contributed by atoms with Gasteiger partial charge >= 0.3 is 0 Å². The summed E-state index contributed by atoms with van der Waals surface area (Å²) in [6.07, 6.45) is 1.83. The molecule has 0 bridgehead atoms. The summed E-state index contributed by atoms with van der Waals surface area (Å²) in [5.74, 6) is 5.14. The van der Waals surface area contributed by atoms with Crippen molar-refractivity contribution in [3.05, 3.63) is 23.4 Å². The largest absolute Gasteiger partial charge is 0.306 e. The molecule has 2 rings (SSSR count). The van der Waals surface area contributed by atoms with Crippen LogP contribution in [0.5, 0.6) is 0 Å². The predicted molar refractivity (Wildman–Crippen MR) is 75.4 cm³/mol. The quantitative estimate of drug-likeness (QED) is 0.647. The number of hydrogen-bond donors (Lipinski definition) is 2. The first kappa shape index (κ1) is 14.4. The molecule has 0 atom stereocenters. The Balaban J connectivity index is 2.66. The summed E-state index contributed by atoms with van der Waals surface area (Å²) >= 11 is 0. The number of aromatic nitrogens is 4. The molecular weight excluding hydrogens is 259 g/mol. The van der Waals surface area contributed by atoms with Gasteiger partial charge in [0.1, 0.15) is 0 Å². The lowest BCUT2D eigenvalue weighted by Crippen LogP contribution is -2.16. The highest BCUT2D eigenvalue weighted by Crippen LogP contribution is 2.31. The van der Waals surface area contributed by atoms with Crippen LogP contribution in [0.25, 0.3) is 11.4 Å². The number of nitrogens with zero attached hydrogens (tertiary/aromatic N) is 4. The SMILES string of the molecule is Cc1nc(-c2cn(C)nc2C(C)(C)C)nc(NN)c1F. The van der Waals surface area contributed by atoms with E-state index in [9.17, 15) is 4.39 Å². The maximum Gasteiger partial charge on any atom is 0.187 e. The monoisotopic (exact) mass is 278 g/mol. The molecule has 7 heteroatoms. The van der Waals surface area contributed by atoms with Crippen LogP contribution in [-0.4, -0.2) is 19.7 Å². The van der Waals surface area contributed by atoms with E-state index in [2.05, 4.69) is 41.3 Å². The Morgan fingerprint density at radius 3 is 2.50 bits per heavy atom. The molecule has 0 radical (unpaired) electrons. The normalized spacial score (nSPS) is 11.8. The van der Waals surface area contributed by atoms with E-state index >= 15 is 0 Å². The zero-order valence-electron chi connectivity index (χ0n) is 12.3. The van der Waals surface area contributed by atoms with Crippen LogP contribution in [0.15, 0.2) is 6.20 Å². The number of halogens is 1. The van der Waals surface area contributed by atoms with E-state index in [1.54, 1.807) is 11.6 Å². The van der Waals surface area contributed by atoms with Gasteiger partial charge in [-0.2, -0.15) is 5.10 Å². The molecule has 2 aromatic heterocycles. The third-order valence-corrected chi connectivity index (χ3v) is 2.93. The number of rotatable bonds is 2. The lowest BCUT2D eigenvalue weighted by atomic mass is 9.89. The average molecular weight is 278 g/mol. The molecule has 0 saturated carbocycles. The Morgan fingerprint density at radius 1 is 1.30 bits per heavy atom. The van der Waals surface area contributed by atoms with E-state index in [1.165, 1.54) is 0 Å². The molecule has 0 spiro atoms. The van der Waals surface area contributed by atoms with Crippen molar-refractivity contribution < 1.29 is 4.39 Å². The first-order valence-electron chi connectivity index (χ1n) is 6.29. The van der Waals surface area contributed by atoms with Gasteiger partial charge in [0.05, 0.1) is 17.0 Å². The maximum atomic E-state index is 13.7. The predicted octanol–water partition coefficient (Wildman–Crippen LogP) is 1.91. The highest BCUT2D eigenvalue weighted by atomic mass is 19.1. The smallest absolute Gasteiger partial charge is 0.187 e. The minimum atomic E-state index is -0.544. The molecule has 0 fully saturated rings. The zero-order valence-corrected chi connectivity index (χ0v) is 12.3. The molecule has 2 aromatic rings. The third kappa shape index (κ3) is 2.49. The Kier molecular flexibility index (Phi) is 3.47. The van der Waals surface area contributed by atoms with E-state index in [0.29, 0.717) is 5.82 Å². The second kappa shape index (κ2) is 4.82. The summed E-state index contributed by atoms with van der Waals surface area (Å²) in [6.45, 7) is 7.74. The van der Waals surface area contributed by atoms with Crippen molar-refractivity contribution in [2.75, 3.05) is 5.43 Å². The number of hydrogen-bond acceptors (Lipinski definition) is 5. The van der Waals surface area contributed by atoms with Crippen molar-refractivity contribution in [1.29, 1.82) is 0 Å². The van der Waals surface area contributed by atoms with Gasteiger partial charge in [-0.1, -0.05) is 20.8 Å². The molecular formula is C13H19FN6. The van der Waals surface area contributed by atoms with Crippen LogP contribution < -0.4 is 11.3 Å². The van der Waals surface area contributed by atoms with Crippen LogP contribution in [0, 0.1) is 12.7 Å². The number of nitrogens with two attached hydrogens (primary N) is 1. The lowest BCUT2D eigenvalue weighted by molar-refractivity contribution is 0.553. The average Bonchev–Trinajstić information content (AvgIpc) is 2.74. The Bertz CT molecular complexity index is 641. The molecule has 0 aliphatic carbocycles. The summed E-state index contributed by atoms with van der Waals surface area (Å²) in [5.41, 5.74) is 3.97. The summed E-state index contributed by atoms with van der Waals surface area (Å²) in [6, 6.07) is 0.